The highest BCUT2D eigenvalue weighted by atomic mass is 35.5. The van der Waals surface area contributed by atoms with Gasteiger partial charge < -0.3 is 5.73 Å². The Bertz CT molecular complexity index is 531. The Morgan fingerprint density at radius 3 is 2.71 bits per heavy atom. The van der Waals surface area contributed by atoms with Gasteiger partial charge in [0.05, 0.1) is 5.69 Å². The van der Waals surface area contributed by atoms with Crippen LogP contribution in [-0.2, 0) is 5.75 Å². The van der Waals surface area contributed by atoms with Gasteiger partial charge in [0.2, 0.25) is 0 Å². The maximum absolute atomic E-state index is 13.6. The number of nitrogens with two attached hydrogens (primary N) is 1. The van der Waals surface area contributed by atoms with Crippen LogP contribution >= 0.6 is 23.4 Å². The third kappa shape index (κ3) is 3.14. The Kier molecular flexibility index (Phi) is 3.92. The molecule has 0 aliphatic rings. The van der Waals surface area contributed by atoms with Crippen LogP contribution in [0.1, 0.15) is 5.56 Å². The van der Waals surface area contributed by atoms with Crippen LogP contribution in [-0.4, -0.2) is 0 Å². The molecule has 0 aromatic heterocycles. The summed E-state index contributed by atoms with van der Waals surface area (Å²) in [6, 6.07) is 12.5. The first-order valence-corrected chi connectivity index (χ1v) is 6.44. The van der Waals surface area contributed by atoms with Gasteiger partial charge in [-0.3, -0.25) is 0 Å². The molecule has 88 valence electrons. The first kappa shape index (κ1) is 12.3. The van der Waals surface area contributed by atoms with Crippen LogP contribution < -0.4 is 5.73 Å². The van der Waals surface area contributed by atoms with E-state index in [9.17, 15) is 4.39 Å². The van der Waals surface area contributed by atoms with E-state index in [0.29, 0.717) is 16.3 Å². The maximum Gasteiger partial charge on any atom is 0.150 e. The molecule has 0 aliphatic carbocycles. The summed E-state index contributed by atoms with van der Waals surface area (Å²) in [5, 5.41) is 0.683. The van der Waals surface area contributed by atoms with Gasteiger partial charge in [-0.05, 0) is 24.3 Å². The van der Waals surface area contributed by atoms with Gasteiger partial charge in [-0.2, -0.15) is 0 Å². The number of halogens is 2. The summed E-state index contributed by atoms with van der Waals surface area (Å²) in [5.74, 6) is 0.207. The van der Waals surface area contributed by atoms with Gasteiger partial charge in [-0.15, -0.1) is 11.8 Å². The molecule has 0 spiro atoms. The minimum absolute atomic E-state index is 0.189. The molecule has 2 aromatic rings. The second-order valence-corrected chi connectivity index (χ2v) is 5.05. The predicted molar refractivity (Wildman–Crippen MR) is 71.8 cm³/mol. The van der Waals surface area contributed by atoms with Crippen molar-refractivity contribution in [3.63, 3.8) is 0 Å². The molecule has 0 amide bonds. The molecule has 4 heteroatoms. The van der Waals surface area contributed by atoms with E-state index in [0.717, 1.165) is 4.90 Å². The molecule has 0 bridgehead atoms. The lowest BCUT2D eigenvalue weighted by Gasteiger charge is -2.05. The first-order chi connectivity index (χ1) is 8.16. The van der Waals surface area contributed by atoms with Crippen LogP contribution in [0.15, 0.2) is 47.4 Å². The van der Waals surface area contributed by atoms with Gasteiger partial charge in [0.15, 0.2) is 0 Å². The fraction of sp³-hybridized carbons (Fsp3) is 0.0769. The summed E-state index contributed by atoms with van der Waals surface area (Å²) >= 11 is 7.41. The van der Waals surface area contributed by atoms with E-state index in [1.54, 1.807) is 18.2 Å². The van der Waals surface area contributed by atoms with Gasteiger partial charge in [-0.25, -0.2) is 4.39 Å². The van der Waals surface area contributed by atoms with Crippen molar-refractivity contribution < 1.29 is 4.39 Å². The Morgan fingerprint density at radius 2 is 1.94 bits per heavy atom. The van der Waals surface area contributed by atoms with E-state index >= 15 is 0 Å². The molecule has 0 heterocycles. The van der Waals surface area contributed by atoms with E-state index in [4.69, 9.17) is 17.3 Å². The van der Waals surface area contributed by atoms with E-state index in [1.807, 2.05) is 24.3 Å². The molecule has 0 saturated carbocycles. The monoisotopic (exact) mass is 267 g/mol. The molecule has 0 radical (unpaired) electrons. The van der Waals surface area contributed by atoms with Crippen molar-refractivity contribution in [1.29, 1.82) is 0 Å². The average Bonchev–Trinajstić information content (AvgIpc) is 2.31. The highest BCUT2D eigenvalue weighted by Gasteiger charge is 2.05. The normalized spacial score (nSPS) is 10.5. The number of rotatable bonds is 3. The molecule has 2 aromatic carbocycles. The summed E-state index contributed by atoms with van der Waals surface area (Å²) in [4.78, 5) is 1.01. The number of nitrogen functional groups attached to an aromatic ring is 1. The smallest absolute Gasteiger partial charge is 0.150 e. The zero-order valence-corrected chi connectivity index (χ0v) is 10.6. The minimum atomic E-state index is -0.331. The maximum atomic E-state index is 13.6. The van der Waals surface area contributed by atoms with E-state index in [2.05, 4.69) is 0 Å². The summed E-state index contributed by atoms with van der Waals surface area (Å²) in [6.45, 7) is 0. The van der Waals surface area contributed by atoms with Gasteiger partial charge >= 0.3 is 0 Å². The van der Waals surface area contributed by atoms with E-state index < -0.39 is 0 Å². The van der Waals surface area contributed by atoms with Crippen LogP contribution in [0.4, 0.5) is 10.1 Å². The molecule has 0 saturated heterocycles. The Hall–Kier alpha value is -1.19. The Labute approximate surface area is 109 Å². The number of hydrogen-bond acceptors (Lipinski definition) is 2. The average molecular weight is 268 g/mol. The third-order valence-electron chi connectivity index (χ3n) is 2.30. The lowest BCUT2D eigenvalue weighted by atomic mass is 10.2. The van der Waals surface area contributed by atoms with Crippen molar-refractivity contribution in [2.45, 2.75) is 10.6 Å². The van der Waals surface area contributed by atoms with Crippen molar-refractivity contribution in [2.75, 3.05) is 5.73 Å². The third-order valence-corrected chi connectivity index (χ3v) is 3.58. The van der Waals surface area contributed by atoms with Gasteiger partial charge in [0.1, 0.15) is 5.82 Å². The summed E-state index contributed by atoms with van der Waals surface area (Å²) in [6.07, 6.45) is 0. The van der Waals surface area contributed by atoms with Crippen LogP contribution in [0.5, 0.6) is 0 Å². The quantitative estimate of drug-likeness (QED) is 0.661. The Balaban J connectivity index is 2.10. The van der Waals surface area contributed by atoms with Gasteiger partial charge in [-0.1, -0.05) is 29.8 Å². The molecule has 2 N–H and O–H groups in total. The van der Waals surface area contributed by atoms with Gasteiger partial charge in [0, 0.05) is 21.2 Å². The molecular weight excluding hydrogens is 257 g/mol. The van der Waals surface area contributed by atoms with Crippen LogP contribution in [0.25, 0.3) is 0 Å². The van der Waals surface area contributed by atoms with Crippen LogP contribution in [0, 0.1) is 5.82 Å². The first-order valence-electron chi connectivity index (χ1n) is 5.08. The topological polar surface area (TPSA) is 26.0 Å². The minimum Gasteiger partial charge on any atom is -0.396 e. The number of thioether (sulfide) groups is 1. The lowest BCUT2D eigenvalue weighted by molar-refractivity contribution is 0.622. The molecule has 0 aliphatic heterocycles. The van der Waals surface area contributed by atoms with Crippen LogP contribution in [0.2, 0.25) is 5.02 Å². The molecule has 0 unspecified atom stereocenters. The molecule has 0 atom stereocenters. The fourth-order valence-electron chi connectivity index (χ4n) is 1.43. The second-order valence-electron chi connectivity index (χ2n) is 3.57. The molecular formula is C13H11ClFNS. The zero-order valence-electron chi connectivity index (χ0n) is 8.99. The summed E-state index contributed by atoms with van der Waals surface area (Å²) < 4.78 is 13.6. The molecule has 1 nitrogen and oxygen atoms in total. The van der Waals surface area contributed by atoms with Crippen molar-refractivity contribution in [3.05, 3.63) is 58.9 Å². The van der Waals surface area contributed by atoms with Crippen LogP contribution in [0.3, 0.4) is 0 Å². The van der Waals surface area contributed by atoms with Crippen molar-refractivity contribution in [2.24, 2.45) is 0 Å². The summed E-state index contributed by atoms with van der Waals surface area (Å²) in [5.41, 5.74) is 6.30. The summed E-state index contributed by atoms with van der Waals surface area (Å²) in [7, 11) is 0. The number of hydrogen-bond donors (Lipinski definition) is 1. The second kappa shape index (κ2) is 5.43. The largest absolute Gasteiger partial charge is 0.396 e. The van der Waals surface area contributed by atoms with Crippen molar-refractivity contribution in [3.8, 4) is 0 Å². The highest BCUT2D eigenvalue weighted by molar-refractivity contribution is 7.98. The SMILES string of the molecule is Nc1cccc(CSc2cccc(Cl)c2)c1F. The molecule has 17 heavy (non-hydrogen) atoms. The van der Waals surface area contributed by atoms with Gasteiger partial charge in [0.25, 0.3) is 0 Å². The predicted octanol–water partition coefficient (Wildman–Crippen LogP) is 4.35. The molecule has 0 fully saturated rings. The van der Waals surface area contributed by atoms with Crippen molar-refractivity contribution in [1.82, 2.24) is 0 Å². The lowest BCUT2D eigenvalue weighted by Crippen LogP contribution is -1.94. The fourth-order valence-corrected chi connectivity index (χ4v) is 2.61. The number of anilines is 1. The van der Waals surface area contributed by atoms with Crippen molar-refractivity contribution >= 4 is 29.1 Å². The van der Waals surface area contributed by atoms with E-state index in [-0.39, 0.29) is 11.5 Å². The Morgan fingerprint density at radius 1 is 1.18 bits per heavy atom. The highest BCUT2D eigenvalue weighted by Crippen LogP contribution is 2.27. The zero-order chi connectivity index (χ0) is 12.3. The number of benzene rings is 2. The van der Waals surface area contributed by atoms with E-state index in [1.165, 1.54) is 11.8 Å². The standard InChI is InChI=1S/C13H11ClFNS/c14-10-4-2-5-11(7-10)17-8-9-3-1-6-12(16)13(9)15/h1-7H,8,16H2. The molecule has 2 rings (SSSR count).